The molecular weight excluding hydrogens is 533 g/mol. The van der Waals surface area contributed by atoms with Crippen molar-refractivity contribution < 1.29 is 42.2 Å². The molecule has 216 valence electrons. The van der Waals surface area contributed by atoms with Gasteiger partial charge in [0.05, 0.1) is 5.92 Å². The number of rotatable bonds is 10. The Kier molecular flexibility index (Phi) is 10.6. The topological polar surface area (TPSA) is 146 Å². The number of carbonyl (C=O) groups excluding carboxylic acids is 1. The van der Waals surface area contributed by atoms with E-state index < -0.39 is 24.2 Å². The highest BCUT2D eigenvalue weighted by Gasteiger charge is 2.38. The van der Waals surface area contributed by atoms with Gasteiger partial charge in [0.15, 0.2) is 0 Å². The Bertz CT molecular complexity index is 1310. The van der Waals surface area contributed by atoms with E-state index in [1.54, 1.807) is 0 Å². The smallest absolute Gasteiger partial charge is 0.481 e. The first-order chi connectivity index (χ1) is 18.9. The molecule has 2 heterocycles. The number of amides is 1. The summed E-state index contributed by atoms with van der Waals surface area (Å²) in [7, 11) is 2.01. The van der Waals surface area contributed by atoms with Gasteiger partial charge in [0, 0.05) is 18.5 Å². The SMILES string of the molecule is CN1CC[C@@H](C(=O)N[C@@H](CCCCCC(=O)O)c2nnc(-c3ccc4ccccc4c3)o2)C1.O=C(O)C(F)(F)F. The van der Waals surface area contributed by atoms with Gasteiger partial charge in [-0.05, 0) is 55.8 Å². The van der Waals surface area contributed by atoms with Crippen molar-refractivity contribution in [2.75, 3.05) is 20.1 Å². The van der Waals surface area contributed by atoms with Gasteiger partial charge in [-0.1, -0.05) is 43.2 Å². The third-order valence-corrected chi connectivity index (χ3v) is 6.44. The summed E-state index contributed by atoms with van der Waals surface area (Å²) in [4.78, 5) is 34.7. The molecule has 1 aliphatic heterocycles. The number of nitrogens with zero attached hydrogens (tertiary/aromatic N) is 3. The summed E-state index contributed by atoms with van der Waals surface area (Å²) < 4.78 is 37.8. The van der Waals surface area contributed by atoms with Crippen LogP contribution in [0.5, 0.6) is 0 Å². The third kappa shape index (κ3) is 9.04. The second-order valence-corrected chi connectivity index (χ2v) is 9.61. The Labute approximate surface area is 228 Å². The summed E-state index contributed by atoms with van der Waals surface area (Å²) in [6.45, 7) is 1.65. The zero-order valence-electron chi connectivity index (χ0n) is 21.9. The molecule has 10 nitrogen and oxygen atoms in total. The largest absolute Gasteiger partial charge is 0.490 e. The predicted octanol–water partition coefficient (Wildman–Crippen LogP) is 4.67. The van der Waals surface area contributed by atoms with Crippen molar-refractivity contribution in [1.29, 1.82) is 0 Å². The molecule has 2 aromatic carbocycles. The molecule has 0 saturated carbocycles. The van der Waals surface area contributed by atoms with Crippen molar-refractivity contribution in [1.82, 2.24) is 20.4 Å². The van der Waals surface area contributed by atoms with E-state index >= 15 is 0 Å². The highest BCUT2D eigenvalue weighted by atomic mass is 19.4. The minimum Gasteiger partial charge on any atom is -0.481 e. The lowest BCUT2D eigenvalue weighted by atomic mass is 10.0. The fourth-order valence-electron chi connectivity index (χ4n) is 4.31. The molecule has 0 aliphatic carbocycles. The second kappa shape index (κ2) is 13.9. The molecule has 0 spiro atoms. The average molecular weight is 565 g/mol. The molecule has 1 aliphatic rings. The monoisotopic (exact) mass is 564 g/mol. The van der Waals surface area contributed by atoms with E-state index in [1.807, 2.05) is 43.4 Å². The van der Waals surface area contributed by atoms with E-state index in [-0.39, 0.29) is 18.2 Å². The fourth-order valence-corrected chi connectivity index (χ4v) is 4.31. The molecule has 1 fully saturated rings. The molecular formula is C27H31F3N4O6. The fraction of sp³-hybridized carbons (Fsp3) is 0.444. The van der Waals surface area contributed by atoms with E-state index in [0.29, 0.717) is 24.6 Å². The number of likely N-dealkylation sites (tertiary alicyclic amines) is 1. The van der Waals surface area contributed by atoms with Gasteiger partial charge < -0.3 is 24.8 Å². The van der Waals surface area contributed by atoms with Gasteiger partial charge in [0.1, 0.15) is 6.04 Å². The van der Waals surface area contributed by atoms with Gasteiger partial charge in [-0.15, -0.1) is 10.2 Å². The summed E-state index contributed by atoms with van der Waals surface area (Å²) in [6, 6.07) is 13.7. The highest BCUT2D eigenvalue weighted by Crippen LogP contribution is 2.27. The molecule has 1 amide bonds. The summed E-state index contributed by atoms with van der Waals surface area (Å²) in [5.41, 5.74) is 0.830. The standard InChI is InChI=1S/C25H30N4O4.C2HF3O2/c1-29-14-13-20(16-29)23(32)26-21(9-3-2-4-10-22(30)31)25-28-27-24(33-25)19-12-11-17-7-5-6-8-18(17)15-19;3-2(4,5)1(6)7/h5-8,11-12,15,20-21H,2-4,9-10,13-14,16H2,1H3,(H,26,32)(H,30,31);(H,6,7)/t20-,21+;/m1./s1. The molecule has 0 radical (unpaired) electrons. The van der Waals surface area contributed by atoms with Gasteiger partial charge in [0.2, 0.25) is 17.7 Å². The van der Waals surface area contributed by atoms with Gasteiger partial charge >= 0.3 is 18.1 Å². The number of carboxylic acids is 2. The minimum atomic E-state index is -5.08. The number of alkyl halides is 3. The van der Waals surface area contributed by atoms with Crippen molar-refractivity contribution in [2.45, 2.75) is 50.7 Å². The van der Waals surface area contributed by atoms with Gasteiger partial charge in [0.25, 0.3) is 0 Å². The maximum absolute atomic E-state index is 12.9. The number of aliphatic carboxylic acids is 2. The van der Waals surface area contributed by atoms with Crippen LogP contribution in [0.3, 0.4) is 0 Å². The first kappa shape index (κ1) is 30.5. The van der Waals surface area contributed by atoms with Gasteiger partial charge in [-0.25, -0.2) is 4.79 Å². The van der Waals surface area contributed by atoms with Gasteiger partial charge in [-0.3, -0.25) is 9.59 Å². The van der Waals surface area contributed by atoms with Crippen LogP contribution in [-0.4, -0.2) is 69.5 Å². The third-order valence-electron chi connectivity index (χ3n) is 6.44. The number of hydrogen-bond acceptors (Lipinski definition) is 7. The normalized spacial score (nSPS) is 16.2. The van der Waals surface area contributed by atoms with E-state index in [1.165, 1.54) is 0 Å². The molecule has 1 saturated heterocycles. The van der Waals surface area contributed by atoms with Crippen LogP contribution >= 0.6 is 0 Å². The Morgan fingerprint density at radius 3 is 2.40 bits per heavy atom. The number of nitrogens with one attached hydrogen (secondary N) is 1. The molecule has 2 atom stereocenters. The maximum atomic E-state index is 12.9. The van der Waals surface area contributed by atoms with Crippen LogP contribution in [0.2, 0.25) is 0 Å². The molecule has 40 heavy (non-hydrogen) atoms. The molecule has 13 heteroatoms. The summed E-state index contributed by atoms with van der Waals surface area (Å²) in [6.07, 6.45) is -1.35. The summed E-state index contributed by atoms with van der Waals surface area (Å²) >= 11 is 0. The van der Waals surface area contributed by atoms with Crippen LogP contribution in [-0.2, 0) is 14.4 Å². The number of carboxylic acid groups (broad SMARTS) is 2. The van der Waals surface area contributed by atoms with Crippen LogP contribution in [0.25, 0.3) is 22.2 Å². The molecule has 0 unspecified atom stereocenters. The van der Waals surface area contributed by atoms with Crippen LogP contribution < -0.4 is 5.32 Å². The van der Waals surface area contributed by atoms with E-state index in [2.05, 4.69) is 26.5 Å². The van der Waals surface area contributed by atoms with Crippen LogP contribution in [0.4, 0.5) is 13.2 Å². The van der Waals surface area contributed by atoms with Gasteiger partial charge in [-0.2, -0.15) is 13.2 Å². The lowest BCUT2D eigenvalue weighted by Gasteiger charge is -2.18. The van der Waals surface area contributed by atoms with Crippen LogP contribution in [0, 0.1) is 5.92 Å². The number of carbonyl (C=O) groups is 3. The molecule has 4 rings (SSSR count). The molecule has 3 aromatic rings. The number of fused-ring (bicyclic) bond motifs is 1. The Balaban J connectivity index is 0.000000559. The zero-order valence-corrected chi connectivity index (χ0v) is 21.9. The first-order valence-corrected chi connectivity index (χ1v) is 12.8. The van der Waals surface area contributed by atoms with Crippen molar-refractivity contribution in [3.8, 4) is 11.5 Å². The van der Waals surface area contributed by atoms with Crippen molar-refractivity contribution in [2.24, 2.45) is 5.92 Å². The van der Waals surface area contributed by atoms with Crippen molar-refractivity contribution in [3.63, 3.8) is 0 Å². The Morgan fingerprint density at radius 1 is 1.07 bits per heavy atom. The number of halogens is 3. The minimum absolute atomic E-state index is 0.000316. The summed E-state index contributed by atoms with van der Waals surface area (Å²) in [5, 5.41) is 29.8. The average Bonchev–Trinajstić information content (AvgIpc) is 3.57. The maximum Gasteiger partial charge on any atom is 0.490 e. The molecule has 0 bridgehead atoms. The first-order valence-electron chi connectivity index (χ1n) is 12.8. The lowest BCUT2D eigenvalue weighted by Crippen LogP contribution is -2.35. The lowest BCUT2D eigenvalue weighted by molar-refractivity contribution is -0.192. The van der Waals surface area contributed by atoms with E-state index in [4.69, 9.17) is 19.4 Å². The van der Waals surface area contributed by atoms with E-state index in [9.17, 15) is 22.8 Å². The van der Waals surface area contributed by atoms with Crippen LogP contribution in [0.1, 0.15) is 50.5 Å². The number of unbranched alkanes of at least 4 members (excludes halogenated alkanes) is 2. The predicted molar refractivity (Wildman–Crippen MR) is 138 cm³/mol. The quantitative estimate of drug-likeness (QED) is 0.299. The number of aromatic nitrogens is 2. The summed E-state index contributed by atoms with van der Waals surface area (Å²) in [5.74, 6) is -2.79. The Hall–Kier alpha value is -4.00. The van der Waals surface area contributed by atoms with E-state index in [0.717, 1.165) is 48.7 Å². The second-order valence-electron chi connectivity index (χ2n) is 9.61. The van der Waals surface area contributed by atoms with Crippen LogP contribution in [0.15, 0.2) is 46.9 Å². The van der Waals surface area contributed by atoms with Crippen molar-refractivity contribution >= 4 is 28.6 Å². The Morgan fingerprint density at radius 2 is 1.77 bits per heavy atom. The number of hydrogen-bond donors (Lipinski definition) is 3. The molecule has 1 aromatic heterocycles. The highest BCUT2D eigenvalue weighted by molar-refractivity contribution is 5.86. The number of benzene rings is 2. The molecule has 3 N–H and O–H groups in total. The zero-order chi connectivity index (χ0) is 29.3. The van der Waals surface area contributed by atoms with Crippen molar-refractivity contribution in [3.05, 3.63) is 48.4 Å².